The lowest BCUT2D eigenvalue weighted by Crippen LogP contribution is -1.98. The molecule has 0 saturated carbocycles. The van der Waals surface area contributed by atoms with Crippen molar-refractivity contribution in [1.29, 1.82) is 0 Å². The van der Waals surface area contributed by atoms with E-state index in [-0.39, 0.29) is 0 Å². The van der Waals surface area contributed by atoms with Crippen LogP contribution in [0.4, 0.5) is 17.1 Å². The topological polar surface area (TPSA) is 38.0 Å². The standard InChI is InChI=1S/C15H18N2/c1-10-7-11(2)9-13(8-10)17-14-6-4-5-12(3)15(14)16/h4-9,17H,16H2,1-3H3. The summed E-state index contributed by atoms with van der Waals surface area (Å²) in [5, 5.41) is 3.37. The summed E-state index contributed by atoms with van der Waals surface area (Å²) in [5.41, 5.74) is 12.5. The maximum Gasteiger partial charge on any atom is 0.0620 e. The van der Waals surface area contributed by atoms with E-state index in [1.165, 1.54) is 11.1 Å². The molecule has 0 spiro atoms. The Hall–Kier alpha value is -1.96. The van der Waals surface area contributed by atoms with Crippen LogP contribution >= 0.6 is 0 Å². The highest BCUT2D eigenvalue weighted by Gasteiger charge is 2.02. The Balaban J connectivity index is 2.34. The molecule has 2 rings (SSSR count). The lowest BCUT2D eigenvalue weighted by atomic mass is 10.1. The van der Waals surface area contributed by atoms with Crippen molar-refractivity contribution in [2.45, 2.75) is 20.8 Å². The predicted octanol–water partition coefficient (Wildman–Crippen LogP) is 3.94. The maximum absolute atomic E-state index is 6.04. The van der Waals surface area contributed by atoms with E-state index in [0.29, 0.717) is 0 Å². The van der Waals surface area contributed by atoms with Crippen LogP contribution in [0.25, 0.3) is 0 Å². The lowest BCUT2D eigenvalue weighted by molar-refractivity contribution is 1.37. The molecule has 0 fully saturated rings. The summed E-state index contributed by atoms with van der Waals surface area (Å²) in [6.07, 6.45) is 0. The second kappa shape index (κ2) is 4.50. The predicted molar refractivity (Wildman–Crippen MR) is 74.8 cm³/mol. The summed E-state index contributed by atoms with van der Waals surface area (Å²) in [4.78, 5) is 0. The number of nitrogens with one attached hydrogen (secondary N) is 1. The molecule has 0 radical (unpaired) electrons. The van der Waals surface area contributed by atoms with Gasteiger partial charge in [-0.05, 0) is 55.7 Å². The minimum absolute atomic E-state index is 0.812. The number of hydrogen-bond donors (Lipinski definition) is 2. The van der Waals surface area contributed by atoms with Gasteiger partial charge in [-0.25, -0.2) is 0 Å². The van der Waals surface area contributed by atoms with Crippen molar-refractivity contribution in [2.75, 3.05) is 11.1 Å². The first-order valence-electron chi connectivity index (χ1n) is 5.76. The SMILES string of the molecule is Cc1cc(C)cc(Nc2cccc(C)c2N)c1. The maximum atomic E-state index is 6.04. The average molecular weight is 226 g/mol. The number of anilines is 3. The Morgan fingerprint density at radius 3 is 2.24 bits per heavy atom. The number of aryl methyl sites for hydroxylation is 3. The van der Waals surface area contributed by atoms with Crippen molar-refractivity contribution in [2.24, 2.45) is 0 Å². The summed E-state index contributed by atoms with van der Waals surface area (Å²) in [6, 6.07) is 12.4. The van der Waals surface area contributed by atoms with Crippen LogP contribution < -0.4 is 11.1 Å². The molecule has 0 heterocycles. The van der Waals surface area contributed by atoms with Gasteiger partial charge >= 0.3 is 0 Å². The van der Waals surface area contributed by atoms with E-state index < -0.39 is 0 Å². The summed E-state index contributed by atoms with van der Waals surface area (Å²) in [7, 11) is 0. The van der Waals surface area contributed by atoms with Crippen molar-refractivity contribution < 1.29 is 0 Å². The van der Waals surface area contributed by atoms with Gasteiger partial charge in [0.2, 0.25) is 0 Å². The molecule has 2 heteroatoms. The van der Waals surface area contributed by atoms with Crippen molar-refractivity contribution in [3.63, 3.8) is 0 Å². The number of benzene rings is 2. The van der Waals surface area contributed by atoms with E-state index in [1.54, 1.807) is 0 Å². The van der Waals surface area contributed by atoms with Crippen molar-refractivity contribution in [3.8, 4) is 0 Å². The fourth-order valence-corrected chi connectivity index (χ4v) is 1.99. The zero-order valence-electron chi connectivity index (χ0n) is 10.5. The van der Waals surface area contributed by atoms with Crippen LogP contribution in [0.1, 0.15) is 16.7 Å². The fourth-order valence-electron chi connectivity index (χ4n) is 1.99. The first-order valence-corrected chi connectivity index (χ1v) is 5.76. The summed E-state index contributed by atoms with van der Waals surface area (Å²) >= 11 is 0. The third kappa shape index (κ3) is 2.59. The fraction of sp³-hybridized carbons (Fsp3) is 0.200. The molecule has 88 valence electrons. The van der Waals surface area contributed by atoms with Crippen LogP contribution in [0.15, 0.2) is 36.4 Å². The second-order valence-electron chi connectivity index (χ2n) is 4.54. The van der Waals surface area contributed by atoms with Gasteiger partial charge in [0.25, 0.3) is 0 Å². The summed E-state index contributed by atoms with van der Waals surface area (Å²) in [5.74, 6) is 0. The molecule has 3 N–H and O–H groups in total. The van der Waals surface area contributed by atoms with Gasteiger partial charge in [-0.1, -0.05) is 18.2 Å². The van der Waals surface area contributed by atoms with Gasteiger partial charge in [-0.3, -0.25) is 0 Å². The van der Waals surface area contributed by atoms with E-state index in [0.717, 1.165) is 22.6 Å². The highest BCUT2D eigenvalue weighted by Crippen LogP contribution is 2.26. The van der Waals surface area contributed by atoms with Crippen molar-refractivity contribution >= 4 is 17.1 Å². The monoisotopic (exact) mass is 226 g/mol. The van der Waals surface area contributed by atoms with Gasteiger partial charge in [0.15, 0.2) is 0 Å². The third-order valence-electron chi connectivity index (χ3n) is 2.82. The van der Waals surface area contributed by atoms with E-state index >= 15 is 0 Å². The van der Waals surface area contributed by atoms with Crippen molar-refractivity contribution in [3.05, 3.63) is 53.1 Å². The van der Waals surface area contributed by atoms with Crippen LogP contribution in [-0.4, -0.2) is 0 Å². The molecule has 2 nitrogen and oxygen atoms in total. The normalized spacial score (nSPS) is 10.3. The number of nitrogens with two attached hydrogens (primary N) is 1. The van der Waals surface area contributed by atoms with Crippen molar-refractivity contribution in [1.82, 2.24) is 0 Å². The number of nitrogen functional groups attached to an aromatic ring is 1. The molecule has 0 aliphatic carbocycles. The molecule has 0 aliphatic heterocycles. The first-order chi connectivity index (χ1) is 8.06. The minimum Gasteiger partial charge on any atom is -0.397 e. The third-order valence-corrected chi connectivity index (χ3v) is 2.82. The zero-order valence-corrected chi connectivity index (χ0v) is 10.5. The molecule has 2 aromatic rings. The second-order valence-corrected chi connectivity index (χ2v) is 4.54. The molecular weight excluding hydrogens is 208 g/mol. The Kier molecular flexibility index (Phi) is 3.05. The summed E-state index contributed by atoms with van der Waals surface area (Å²) in [6.45, 7) is 6.21. The first kappa shape index (κ1) is 11.5. The largest absolute Gasteiger partial charge is 0.397 e. The Bertz CT molecular complexity index is 524. The zero-order chi connectivity index (χ0) is 12.4. The van der Waals surface area contributed by atoms with Crippen LogP contribution in [0.3, 0.4) is 0 Å². The molecule has 0 aliphatic rings. The van der Waals surface area contributed by atoms with Crippen LogP contribution in [0.2, 0.25) is 0 Å². The number of rotatable bonds is 2. The smallest absolute Gasteiger partial charge is 0.0620 e. The average Bonchev–Trinajstić information content (AvgIpc) is 2.23. The van der Waals surface area contributed by atoms with Crippen LogP contribution in [-0.2, 0) is 0 Å². The molecule has 0 atom stereocenters. The molecule has 0 unspecified atom stereocenters. The lowest BCUT2D eigenvalue weighted by Gasteiger charge is -2.12. The number of para-hydroxylation sites is 1. The molecule has 0 aromatic heterocycles. The molecule has 0 bridgehead atoms. The molecule has 2 aromatic carbocycles. The van der Waals surface area contributed by atoms with E-state index in [4.69, 9.17) is 5.73 Å². The molecular formula is C15H18N2. The number of hydrogen-bond acceptors (Lipinski definition) is 2. The van der Waals surface area contributed by atoms with E-state index in [9.17, 15) is 0 Å². The highest BCUT2D eigenvalue weighted by atomic mass is 14.9. The van der Waals surface area contributed by atoms with Crippen LogP contribution in [0, 0.1) is 20.8 Å². The molecule has 0 amide bonds. The van der Waals surface area contributed by atoms with Gasteiger partial charge in [0.05, 0.1) is 11.4 Å². The summed E-state index contributed by atoms with van der Waals surface area (Å²) < 4.78 is 0. The Labute approximate surface area is 102 Å². The Morgan fingerprint density at radius 2 is 1.59 bits per heavy atom. The van der Waals surface area contributed by atoms with Gasteiger partial charge in [-0.15, -0.1) is 0 Å². The minimum atomic E-state index is 0.812. The van der Waals surface area contributed by atoms with Crippen LogP contribution in [0.5, 0.6) is 0 Å². The van der Waals surface area contributed by atoms with Gasteiger partial charge in [0.1, 0.15) is 0 Å². The van der Waals surface area contributed by atoms with Gasteiger partial charge in [0, 0.05) is 5.69 Å². The molecule has 17 heavy (non-hydrogen) atoms. The van der Waals surface area contributed by atoms with E-state index in [1.807, 2.05) is 25.1 Å². The van der Waals surface area contributed by atoms with E-state index in [2.05, 4.69) is 37.4 Å². The van der Waals surface area contributed by atoms with Gasteiger partial charge in [-0.2, -0.15) is 0 Å². The quantitative estimate of drug-likeness (QED) is 0.761. The highest BCUT2D eigenvalue weighted by molar-refractivity contribution is 5.75. The van der Waals surface area contributed by atoms with Gasteiger partial charge < -0.3 is 11.1 Å². The molecule has 0 saturated heterocycles. The Morgan fingerprint density at radius 1 is 0.941 bits per heavy atom.